The normalized spacial score (nSPS) is 19.5. The Morgan fingerprint density at radius 3 is 1.33 bits per heavy atom. The molecule has 1 aliphatic heterocycles. The molecule has 0 spiro atoms. The van der Waals surface area contributed by atoms with Crippen LogP contribution in [-0.4, -0.2) is 65.0 Å². The third-order valence-electron chi connectivity index (χ3n) is 2.45. The van der Waals surface area contributed by atoms with E-state index >= 15 is 0 Å². The standard InChI is InChI=1S/C8H18N.C3H9N.BF4/c1-8-4-6-9(2,3)7-5-8;1-4(2)3;2-1(3,4)5/h8H,4-7H2,1-3H3;1-3H3;/q+1;;-1. The van der Waals surface area contributed by atoms with E-state index < -0.39 is 7.25 Å². The van der Waals surface area contributed by atoms with Gasteiger partial charge in [0.1, 0.15) is 0 Å². The van der Waals surface area contributed by atoms with Crippen LogP contribution in [-0.2, 0) is 0 Å². The summed E-state index contributed by atoms with van der Waals surface area (Å²) in [7, 11) is 4.65. The minimum absolute atomic E-state index is 0.983. The lowest BCUT2D eigenvalue weighted by atomic mass is 9.98. The summed E-state index contributed by atoms with van der Waals surface area (Å²) in [6.45, 7) is 5.11. The molecular formula is C11H27BF4N2. The molecule has 0 bridgehead atoms. The fourth-order valence-electron chi connectivity index (χ4n) is 1.40. The topological polar surface area (TPSA) is 3.24 Å². The van der Waals surface area contributed by atoms with Crippen molar-refractivity contribution in [3.8, 4) is 0 Å². The Morgan fingerprint density at radius 2 is 1.17 bits per heavy atom. The SMILES string of the molecule is CC1CC[N+](C)(C)CC1.CN(C)C.F[B-](F)(F)F. The zero-order valence-corrected chi connectivity index (χ0v) is 12.4. The van der Waals surface area contributed by atoms with E-state index in [0.717, 1.165) is 5.92 Å². The molecule has 2 nitrogen and oxygen atoms in total. The minimum atomic E-state index is -6.00. The first-order chi connectivity index (χ1) is 7.83. The van der Waals surface area contributed by atoms with Crippen molar-refractivity contribution >= 4 is 7.25 Å². The van der Waals surface area contributed by atoms with E-state index in [9.17, 15) is 17.3 Å². The molecule has 0 saturated carbocycles. The van der Waals surface area contributed by atoms with Crippen LogP contribution in [0.3, 0.4) is 0 Å². The quantitative estimate of drug-likeness (QED) is 0.373. The Balaban J connectivity index is 0. The molecule has 0 aromatic rings. The highest BCUT2D eigenvalue weighted by molar-refractivity contribution is 6.50. The van der Waals surface area contributed by atoms with Gasteiger partial charge >= 0.3 is 7.25 Å². The molecule has 1 saturated heterocycles. The van der Waals surface area contributed by atoms with Crippen LogP contribution in [0.25, 0.3) is 0 Å². The van der Waals surface area contributed by atoms with Gasteiger partial charge in [-0.2, -0.15) is 0 Å². The molecule has 0 aliphatic carbocycles. The summed E-state index contributed by atoms with van der Waals surface area (Å²) in [5.41, 5.74) is 0. The van der Waals surface area contributed by atoms with Gasteiger partial charge in [0.25, 0.3) is 0 Å². The first-order valence-electron chi connectivity index (χ1n) is 6.14. The highest BCUT2D eigenvalue weighted by atomic mass is 19.5. The fourth-order valence-corrected chi connectivity index (χ4v) is 1.40. The minimum Gasteiger partial charge on any atom is -0.418 e. The van der Waals surface area contributed by atoms with E-state index in [1.165, 1.54) is 30.4 Å². The lowest BCUT2D eigenvalue weighted by molar-refractivity contribution is -0.896. The van der Waals surface area contributed by atoms with Crippen LogP contribution in [0.5, 0.6) is 0 Å². The number of rotatable bonds is 0. The van der Waals surface area contributed by atoms with Crippen molar-refractivity contribution in [2.24, 2.45) is 5.92 Å². The summed E-state index contributed by atoms with van der Waals surface area (Å²) in [6.07, 6.45) is 2.85. The summed E-state index contributed by atoms with van der Waals surface area (Å²) in [4.78, 5) is 2.00. The second-order valence-electron chi connectivity index (χ2n) is 5.90. The van der Waals surface area contributed by atoms with Crippen LogP contribution in [0.15, 0.2) is 0 Å². The summed E-state index contributed by atoms with van der Waals surface area (Å²) in [5, 5.41) is 0. The second-order valence-corrected chi connectivity index (χ2v) is 5.90. The van der Waals surface area contributed by atoms with Gasteiger partial charge in [-0.05, 0) is 39.9 Å². The molecule has 1 heterocycles. The molecule has 0 N–H and O–H groups in total. The fraction of sp³-hybridized carbons (Fsp3) is 1.00. The van der Waals surface area contributed by atoms with Crippen molar-refractivity contribution < 1.29 is 21.7 Å². The Labute approximate surface area is 109 Å². The Kier molecular flexibility index (Phi) is 9.73. The van der Waals surface area contributed by atoms with E-state index in [1.54, 1.807) is 0 Å². The Morgan fingerprint density at radius 1 is 0.944 bits per heavy atom. The van der Waals surface area contributed by atoms with Crippen LogP contribution < -0.4 is 0 Å². The van der Waals surface area contributed by atoms with Gasteiger partial charge in [0, 0.05) is 0 Å². The van der Waals surface area contributed by atoms with Crippen molar-refractivity contribution in [1.82, 2.24) is 4.90 Å². The van der Waals surface area contributed by atoms with E-state index in [-0.39, 0.29) is 0 Å². The number of piperidine rings is 1. The van der Waals surface area contributed by atoms with Crippen molar-refractivity contribution in [3.63, 3.8) is 0 Å². The molecule has 18 heavy (non-hydrogen) atoms. The number of hydrogen-bond donors (Lipinski definition) is 0. The summed E-state index contributed by atoms with van der Waals surface area (Å²) in [6, 6.07) is 0. The van der Waals surface area contributed by atoms with Gasteiger partial charge in [0.2, 0.25) is 0 Å². The molecule has 0 radical (unpaired) electrons. The molecule has 7 heteroatoms. The van der Waals surface area contributed by atoms with Crippen molar-refractivity contribution in [2.75, 3.05) is 48.3 Å². The summed E-state index contributed by atoms with van der Waals surface area (Å²) in [5.74, 6) is 0.983. The highest BCUT2D eigenvalue weighted by Gasteiger charge is 2.22. The van der Waals surface area contributed by atoms with Gasteiger partial charge in [-0.25, -0.2) is 0 Å². The zero-order valence-electron chi connectivity index (χ0n) is 12.4. The van der Waals surface area contributed by atoms with Gasteiger partial charge in [-0.1, -0.05) is 6.92 Å². The maximum atomic E-state index is 9.75. The number of halogens is 4. The molecule has 1 rings (SSSR count). The third kappa shape index (κ3) is 24.8. The molecule has 0 unspecified atom stereocenters. The number of nitrogens with zero attached hydrogens (tertiary/aromatic N) is 2. The molecule has 1 fully saturated rings. The van der Waals surface area contributed by atoms with Gasteiger partial charge in [0.05, 0.1) is 27.2 Å². The van der Waals surface area contributed by atoms with Crippen molar-refractivity contribution in [3.05, 3.63) is 0 Å². The van der Waals surface area contributed by atoms with E-state index in [2.05, 4.69) is 21.0 Å². The van der Waals surface area contributed by atoms with Gasteiger partial charge in [-0.15, -0.1) is 0 Å². The maximum Gasteiger partial charge on any atom is 0.673 e. The highest BCUT2D eigenvalue weighted by Crippen LogP contribution is 2.18. The van der Waals surface area contributed by atoms with Crippen LogP contribution >= 0.6 is 0 Å². The molecule has 0 amide bonds. The van der Waals surface area contributed by atoms with E-state index in [1.807, 2.05) is 26.0 Å². The van der Waals surface area contributed by atoms with E-state index in [0.29, 0.717) is 0 Å². The van der Waals surface area contributed by atoms with Crippen molar-refractivity contribution in [2.45, 2.75) is 19.8 Å². The van der Waals surface area contributed by atoms with Gasteiger partial charge in [0.15, 0.2) is 0 Å². The Bertz CT molecular complexity index is 189. The summed E-state index contributed by atoms with van der Waals surface area (Å²) < 4.78 is 40.2. The smallest absolute Gasteiger partial charge is 0.418 e. The van der Waals surface area contributed by atoms with Crippen LogP contribution in [0, 0.1) is 5.92 Å². The van der Waals surface area contributed by atoms with E-state index in [4.69, 9.17) is 0 Å². The lowest BCUT2D eigenvalue weighted by Crippen LogP contribution is -2.45. The molecule has 0 aromatic heterocycles. The predicted molar refractivity (Wildman–Crippen MR) is 70.0 cm³/mol. The van der Waals surface area contributed by atoms with Crippen LogP contribution in [0.1, 0.15) is 19.8 Å². The molecule has 112 valence electrons. The Hall–Kier alpha value is -0.295. The second kappa shape index (κ2) is 8.75. The zero-order chi connectivity index (χ0) is 15.0. The average molecular weight is 274 g/mol. The number of likely N-dealkylation sites (tertiary alicyclic amines) is 1. The van der Waals surface area contributed by atoms with Crippen LogP contribution in [0.2, 0.25) is 0 Å². The monoisotopic (exact) mass is 274 g/mol. The molecule has 1 aliphatic rings. The average Bonchev–Trinajstić information content (AvgIpc) is 2.06. The predicted octanol–water partition coefficient (Wildman–Crippen LogP) is 2.97. The van der Waals surface area contributed by atoms with Gasteiger partial charge in [-0.3, -0.25) is 0 Å². The maximum absolute atomic E-state index is 9.75. The third-order valence-corrected chi connectivity index (χ3v) is 2.45. The first kappa shape index (κ1) is 20.0. The molecule has 0 aromatic carbocycles. The molecular weight excluding hydrogens is 247 g/mol. The summed E-state index contributed by atoms with van der Waals surface area (Å²) >= 11 is 0. The largest absolute Gasteiger partial charge is 0.673 e. The van der Waals surface area contributed by atoms with Crippen LogP contribution in [0.4, 0.5) is 17.3 Å². The first-order valence-corrected chi connectivity index (χ1v) is 6.14. The number of quaternary nitrogens is 1. The van der Waals surface area contributed by atoms with Crippen molar-refractivity contribution in [1.29, 1.82) is 0 Å². The lowest BCUT2D eigenvalue weighted by Gasteiger charge is -2.35. The van der Waals surface area contributed by atoms with Gasteiger partial charge < -0.3 is 26.6 Å². The molecule has 0 atom stereocenters. The number of hydrogen-bond acceptors (Lipinski definition) is 1.